The van der Waals surface area contributed by atoms with Crippen molar-refractivity contribution in [1.29, 1.82) is 0 Å². The molecule has 31 heavy (non-hydrogen) atoms. The van der Waals surface area contributed by atoms with Gasteiger partial charge in [0.25, 0.3) is 5.69 Å². The van der Waals surface area contributed by atoms with E-state index in [1.54, 1.807) is 23.9 Å². The van der Waals surface area contributed by atoms with Crippen LogP contribution in [-0.4, -0.2) is 71.1 Å². The van der Waals surface area contributed by atoms with Crippen LogP contribution in [0, 0.1) is 10.1 Å². The molecule has 9 nitrogen and oxygen atoms in total. The van der Waals surface area contributed by atoms with Gasteiger partial charge < -0.3 is 14.5 Å². The highest BCUT2D eigenvalue weighted by molar-refractivity contribution is 14.0. The lowest BCUT2D eigenvalue weighted by Crippen LogP contribution is -2.40. The van der Waals surface area contributed by atoms with Crippen molar-refractivity contribution in [2.24, 2.45) is 4.99 Å². The molecule has 11 heteroatoms. The van der Waals surface area contributed by atoms with Gasteiger partial charge in [-0.15, -0.1) is 24.0 Å². The van der Waals surface area contributed by atoms with Gasteiger partial charge in [-0.2, -0.15) is 0 Å². The van der Waals surface area contributed by atoms with E-state index >= 15 is 0 Å². The first-order chi connectivity index (χ1) is 14.6. The Morgan fingerprint density at radius 1 is 1.19 bits per heavy atom. The molecule has 0 unspecified atom stereocenters. The molecule has 0 amide bonds. The number of hydrogen-bond acceptors (Lipinski definition) is 8. The Hall–Kier alpha value is -1.99. The number of ether oxygens (including phenoxy) is 1. The van der Waals surface area contributed by atoms with Crippen LogP contribution in [0.3, 0.4) is 0 Å². The standard InChI is InChI=1S/C20H24N6O3S.HI/c1-21-20(30-2)25-8-7-16-17(13-25)22-18(14-3-5-15(6-4-14)26(27)28)23-19(16)24-9-11-29-12-10-24;/h3-6H,7-13H2,1-2H3;1H/b21-20-;. The summed E-state index contributed by atoms with van der Waals surface area (Å²) in [5.74, 6) is 1.54. The van der Waals surface area contributed by atoms with Crippen molar-refractivity contribution in [1.82, 2.24) is 14.9 Å². The van der Waals surface area contributed by atoms with Gasteiger partial charge in [0.2, 0.25) is 0 Å². The number of aliphatic imine (C=N–C) groups is 1. The Morgan fingerprint density at radius 2 is 1.90 bits per heavy atom. The number of nitro benzene ring substituents is 1. The highest BCUT2D eigenvalue weighted by Crippen LogP contribution is 2.31. The summed E-state index contributed by atoms with van der Waals surface area (Å²) in [6.45, 7) is 4.48. The molecule has 2 aromatic rings. The van der Waals surface area contributed by atoms with Crippen LogP contribution in [0.4, 0.5) is 11.5 Å². The van der Waals surface area contributed by atoms with Gasteiger partial charge in [0.1, 0.15) is 5.82 Å². The van der Waals surface area contributed by atoms with E-state index in [9.17, 15) is 10.1 Å². The number of nitrogens with zero attached hydrogens (tertiary/aromatic N) is 6. The Bertz CT molecular complexity index is 966. The zero-order valence-electron chi connectivity index (χ0n) is 17.5. The van der Waals surface area contributed by atoms with Gasteiger partial charge in [0.15, 0.2) is 11.0 Å². The van der Waals surface area contributed by atoms with Crippen molar-refractivity contribution < 1.29 is 9.66 Å². The van der Waals surface area contributed by atoms with Crippen LogP contribution in [0.2, 0.25) is 0 Å². The molecular formula is C20H25IN6O3S. The maximum Gasteiger partial charge on any atom is 0.269 e. The molecule has 4 rings (SSSR count). The average molecular weight is 556 g/mol. The van der Waals surface area contributed by atoms with Crippen LogP contribution in [0.15, 0.2) is 29.3 Å². The minimum absolute atomic E-state index is 0. The zero-order valence-corrected chi connectivity index (χ0v) is 20.6. The quantitative estimate of drug-likeness (QED) is 0.187. The summed E-state index contributed by atoms with van der Waals surface area (Å²) in [6.07, 6.45) is 2.88. The predicted molar refractivity (Wildman–Crippen MR) is 134 cm³/mol. The van der Waals surface area contributed by atoms with Crippen molar-refractivity contribution >= 4 is 52.4 Å². The fourth-order valence-corrected chi connectivity index (χ4v) is 4.43. The smallest absolute Gasteiger partial charge is 0.269 e. The lowest BCUT2D eigenvalue weighted by molar-refractivity contribution is -0.384. The van der Waals surface area contributed by atoms with Crippen molar-refractivity contribution in [2.45, 2.75) is 13.0 Å². The molecule has 166 valence electrons. The maximum absolute atomic E-state index is 11.0. The van der Waals surface area contributed by atoms with Crippen molar-refractivity contribution in [3.05, 3.63) is 45.6 Å². The molecular weight excluding hydrogens is 531 g/mol. The Kier molecular flexibility index (Phi) is 8.06. The van der Waals surface area contributed by atoms with Crippen LogP contribution in [0.5, 0.6) is 0 Å². The van der Waals surface area contributed by atoms with Gasteiger partial charge >= 0.3 is 0 Å². The van der Waals surface area contributed by atoms with E-state index in [-0.39, 0.29) is 29.7 Å². The van der Waals surface area contributed by atoms with Gasteiger partial charge in [0, 0.05) is 49.9 Å². The van der Waals surface area contributed by atoms with Crippen LogP contribution in [-0.2, 0) is 17.7 Å². The van der Waals surface area contributed by atoms with Crippen molar-refractivity contribution in [3.63, 3.8) is 0 Å². The number of nitro groups is 1. The number of rotatable bonds is 3. The second-order valence-corrected chi connectivity index (χ2v) is 7.85. The monoisotopic (exact) mass is 556 g/mol. The third-order valence-corrected chi connectivity index (χ3v) is 6.14. The summed E-state index contributed by atoms with van der Waals surface area (Å²) in [4.78, 5) is 29.3. The minimum Gasteiger partial charge on any atom is -0.378 e. The van der Waals surface area contributed by atoms with Crippen LogP contribution < -0.4 is 4.90 Å². The van der Waals surface area contributed by atoms with Gasteiger partial charge in [-0.25, -0.2) is 9.97 Å². The number of halogens is 1. The van der Waals surface area contributed by atoms with E-state index in [4.69, 9.17) is 14.7 Å². The first kappa shape index (κ1) is 23.7. The average Bonchev–Trinajstić information content (AvgIpc) is 2.79. The summed E-state index contributed by atoms with van der Waals surface area (Å²) in [5, 5.41) is 12.0. The third kappa shape index (κ3) is 5.09. The number of benzene rings is 1. The number of thioether (sulfide) groups is 1. The first-order valence-electron chi connectivity index (χ1n) is 9.83. The molecule has 0 atom stereocenters. The molecule has 1 saturated heterocycles. The molecule has 1 aromatic carbocycles. The number of hydrogen-bond donors (Lipinski definition) is 0. The van der Waals surface area contributed by atoms with Gasteiger partial charge in [-0.3, -0.25) is 15.1 Å². The Balaban J connectivity index is 0.00000272. The molecule has 0 N–H and O–H groups in total. The van der Waals surface area contributed by atoms with E-state index in [0.29, 0.717) is 25.6 Å². The van der Waals surface area contributed by atoms with Crippen LogP contribution in [0.1, 0.15) is 11.3 Å². The largest absolute Gasteiger partial charge is 0.378 e. The summed E-state index contributed by atoms with van der Waals surface area (Å²) in [7, 11) is 1.81. The van der Waals surface area contributed by atoms with Crippen molar-refractivity contribution in [2.75, 3.05) is 51.1 Å². The SMILES string of the molecule is C/N=C(\SC)N1CCc2c(nc(-c3ccc([N+](=O)[O-])cc3)nc2N2CCOCC2)C1.I. The number of non-ortho nitro benzene ring substituents is 1. The topological polar surface area (TPSA) is 97.0 Å². The lowest BCUT2D eigenvalue weighted by Gasteiger charge is -2.35. The molecule has 0 aliphatic carbocycles. The van der Waals surface area contributed by atoms with E-state index in [1.165, 1.54) is 17.7 Å². The molecule has 1 fully saturated rings. The second-order valence-electron chi connectivity index (χ2n) is 7.08. The predicted octanol–water partition coefficient (Wildman–Crippen LogP) is 3.21. The van der Waals surface area contributed by atoms with Gasteiger partial charge in [-0.05, 0) is 24.8 Å². The lowest BCUT2D eigenvalue weighted by atomic mass is 10.0. The van der Waals surface area contributed by atoms with Crippen molar-refractivity contribution in [3.8, 4) is 11.4 Å². The Morgan fingerprint density at radius 3 is 2.52 bits per heavy atom. The molecule has 0 spiro atoms. The van der Waals surface area contributed by atoms with Crippen LogP contribution in [0.25, 0.3) is 11.4 Å². The summed E-state index contributed by atoms with van der Waals surface area (Å²) >= 11 is 1.63. The van der Waals surface area contributed by atoms with E-state index in [1.807, 2.05) is 13.3 Å². The van der Waals surface area contributed by atoms with E-state index in [0.717, 1.165) is 48.3 Å². The van der Waals surface area contributed by atoms with E-state index < -0.39 is 4.92 Å². The number of fused-ring (bicyclic) bond motifs is 1. The number of aromatic nitrogens is 2. The number of amidine groups is 1. The van der Waals surface area contributed by atoms with E-state index in [2.05, 4.69) is 14.8 Å². The summed E-state index contributed by atoms with van der Waals surface area (Å²) in [6, 6.07) is 6.41. The third-order valence-electron chi connectivity index (χ3n) is 5.33. The Labute approximate surface area is 202 Å². The highest BCUT2D eigenvalue weighted by atomic mass is 127. The molecule has 1 aromatic heterocycles. The zero-order chi connectivity index (χ0) is 21.1. The fourth-order valence-electron chi connectivity index (χ4n) is 3.83. The second kappa shape index (κ2) is 10.6. The normalized spacial score (nSPS) is 16.5. The first-order valence-corrected chi connectivity index (χ1v) is 11.1. The molecule has 2 aliphatic heterocycles. The molecule has 0 saturated carbocycles. The molecule has 2 aliphatic rings. The fraction of sp³-hybridized carbons (Fsp3) is 0.450. The minimum atomic E-state index is -0.400. The summed E-state index contributed by atoms with van der Waals surface area (Å²) < 4.78 is 5.52. The van der Waals surface area contributed by atoms with Gasteiger partial charge in [-0.1, -0.05) is 11.8 Å². The summed E-state index contributed by atoms with van der Waals surface area (Å²) in [5.41, 5.74) is 2.99. The molecule has 3 heterocycles. The van der Waals surface area contributed by atoms with Gasteiger partial charge in [0.05, 0.1) is 30.4 Å². The molecule has 0 bridgehead atoms. The van der Waals surface area contributed by atoms with Crippen LogP contribution >= 0.6 is 35.7 Å². The maximum atomic E-state index is 11.0. The number of morpholine rings is 1. The number of anilines is 1. The molecule has 0 radical (unpaired) electrons. The highest BCUT2D eigenvalue weighted by Gasteiger charge is 2.27.